The second-order valence-electron chi connectivity index (χ2n) is 9.54. The number of halogens is 4. The number of nitrogens with zero attached hydrogens (tertiary/aromatic N) is 5. The maximum absolute atomic E-state index is 15.1. The lowest BCUT2D eigenvalue weighted by atomic mass is 10.1. The van der Waals surface area contributed by atoms with E-state index < -0.39 is 35.7 Å². The number of piperazine rings is 1. The zero-order valence-electron chi connectivity index (χ0n) is 20.7. The molecule has 202 valence electrons. The fourth-order valence-corrected chi connectivity index (χ4v) is 4.77. The van der Waals surface area contributed by atoms with Gasteiger partial charge in [-0.15, -0.1) is 0 Å². The van der Waals surface area contributed by atoms with E-state index in [4.69, 9.17) is 0 Å². The van der Waals surface area contributed by atoms with Gasteiger partial charge in [-0.05, 0) is 24.6 Å². The Morgan fingerprint density at radius 1 is 1.08 bits per heavy atom. The second-order valence-corrected chi connectivity index (χ2v) is 9.54. The van der Waals surface area contributed by atoms with Crippen molar-refractivity contribution in [2.24, 2.45) is 0 Å². The van der Waals surface area contributed by atoms with Crippen LogP contribution in [-0.2, 0) is 13.0 Å². The van der Waals surface area contributed by atoms with Crippen molar-refractivity contribution < 1.29 is 22.4 Å². The van der Waals surface area contributed by atoms with Crippen molar-refractivity contribution in [1.82, 2.24) is 30.3 Å². The third-order valence-corrected chi connectivity index (χ3v) is 6.89. The summed E-state index contributed by atoms with van der Waals surface area (Å²) >= 11 is 0. The number of benzene rings is 1. The first kappa shape index (κ1) is 26.0. The molecule has 0 unspecified atom stereocenters. The molecule has 0 bridgehead atoms. The van der Waals surface area contributed by atoms with E-state index in [9.17, 15) is 22.8 Å². The van der Waals surface area contributed by atoms with Crippen LogP contribution < -0.4 is 15.9 Å². The van der Waals surface area contributed by atoms with Crippen LogP contribution in [0.5, 0.6) is 0 Å². The SMILES string of the molecule is CCc1nc2ccc(CN3CCN(c4ccc(C(=O)NN5CCC(F)(F)C5)nc4F)CC3)c(F)c2[nH]c1=O. The summed E-state index contributed by atoms with van der Waals surface area (Å²) in [4.78, 5) is 38.8. The van der Waals surface area contributed by atoms with E-state index in [1.54, 1.807) is 17.0 Å². The molecular weight excluding hydrogens is 506 g/mol. The van der Waals surface area contributed by atoms with Gasteiger partial charge in [0.05, 0.1) is 17.7 Å². The molecule has 38 heavy (non-hydrogen) atoms. The molecular formula is C25H27F4N7O2. The Morgan fingerprint density at radius 2 is 1.84 bits per heavy atom. The minimum atomic E-state index is -2.87. The highest BCUT2D eigenvalue weighted by Crippen LogP contribution is 2.26. The predicted molar refractivity (Wildman–Crippen MR) is 132 cm³/mol. The van der Waals surface area contributed by atoms with E-state index in [0.717, 1.165) is 5.01 Å². The highest BCUT2D eigenvalue weighted by atomic mass is 19.3. The zero-order valence-corrected chi connectivity index (χ0v) is 20.7. The van der Waals surface area contributed by atoms with Gasteiger partial charge in [0.15, 0.2) is 5.82 Å². The highest BCUT2D eigenvalue weighted by molar-refractivity contribution is 5.92. The number of hydrogen-bond donors (Lipinski definition) is 2. The lowest BCUT2D eigenvalue weighted by Crippen LogP contribution is -2.46. The molecule has 2 N–H and O–H groups in total. The Balaban J connectivity index is 1.20. The molecule has 1 aromatic carbocycles. The Labute approximate surface area is 215 Å². The van der Waals surface area contributed by atoms with Gasteiger partial charge in [-0.25, -0.2) is 28.1 Å². The standard InChI is InChI=1S/C25H27F4N7O2/c1-2-16-23(37)32-21-17(30-16)4-3-15(20(21)26)13-34-9-11-35(12-10-34)19-6-5-18(31-22(19)27)24(38)33-36-8-7-25(28,29)14-36/h3-6H,2,7-14H2,1H3,(H,32,37)(H,33,38). The van der Waals surface area contributed by atoms with E-state index in [2.05, 4.69) is 20.4 Å². The Morgan fingerprint density at radius 3 is 2.50 bits per heavy atom. The van der Waals surface area contributed by atoms with Crippen LogP contribution in [0.1, 0.15) is 35.1 Å². The molecule has 2 fully saturated rings. The number of aryl methyl sites for hydroxylation is 1. The van der Waals surface area contributed by atoms with Gasteiger partial charge in [-0.2, -0.15) is 4.39 Å². The van der Waals surface area contributed by atoms with Gasteiger partial charge in [-0.1, -0.05) is 13.0 Å². The maximum atomic E-state index is 15.1. The van der Waals surface area contributed by atoms with Crippen LogP contribution >= 0.6 is 0 Å². The molecule has 3 aromatic rings. The van der Waals surface area contributed by atoms with E-state index >= 15 is 4.39 Å². The van der Waals surface area contributed by atoms with E-state index in [0.29, 0.717) is 55.9 Å². The number of H-pyrrole nitrogens is 1. The molecule has 0 atom stereocenters. The summed E-state index contributed by atoms with van der Waals surface area (Å²) in [6, 6.07) is 6.15. The quantitative estimate of drug-likeness (QED) is 0.371. The van der Waals surface area contributed by atoms with Crippen molar-refractivity contribution in [3.63, 3.8) is 0 Å². The molecule has 0 radical (unpaired) electrons. The Bertz CT molecular complexity index is 1420. The van der Waals surface area contributed by atoms with Crippen LogP contribution in [0.4, 0.5) is 23.2 Å². The van der Waals surface area contributed by atoms with Gasteiger partial charge < -0.3 is 9.88 Å². The molecule has 13 heteroatoms. The molecule has 9 nitrogen and oxygen atoms in total. The van der Waals surface area contributed by atoms with Gasteiger partial charge in [0, 0.05) is 51.3 Å². The summed E-state index contributed by atoms with van der Waals surface area (Å²) in [6.45, 7) is 3.45. The number of aromatic nitrogens is 3. The van der Waals surface area contributed by atoms with Crippen molar-refractivity contribution in [3.8, 4) is 0 Å². The van der Waals surface area contributed by atoms with Gasteiger partial charge in [0.1, 0.15) is 16.9 Å². The van der Waals surface area contributed by atoms with Crippen LogP contribution in [-0.4, -0.2) is 76.0 Å². The van der Waals surface area contributed by atoms with Crippen LogP contribution in [0, 0.1) is 11.8 Å². The topological polar surface area (TPSA) is 97.5 Å². The van der Waals surface area contributed by atoms with Gasteiger partial charge in [0.2, 0.25) is 5.95 Å². The first-order valence-electron chi connectivity index (χ1n) is 12.4. The molecule has 2 saturated heterocycles. The van der Waals surface area contributed by atoms with Crippen LogP contribution in [0.15, 0.2) is 29.1 Å². The second kappa shape index (κ2) is 10.3. The molecule has 0 spiro atoms. The number of fused-ring (bicyclic) bond motifs is 1. The average molecular weight is 534 g/mol. The molecule has 2 aliphatic heterocycles. The van der Waals surface area contributed by atoms with E-state index in [1.165, 1.54) is 12.1 Å². The maximum Gasteiger partial charge on any atom is 0.284 e. The summed E-state index contributed by atoms with van der Waals surface area (Å²) < 4.78 is 56.6. The van der Waals surface area contributed by atoms with Gasteiger partial charge in [-0.3, -0.25) is 19.9 Å². The largest absolute Gasteiger partial charge is 0.365 e. The Kier molecular flexibility index (Phi) is 7.05. The third-order valence-electron chi connectivity index (χ3n) is 6.89. The number of carbonyl (C=O) groups excluding carboxylic acids is 1. The van der Waals surface area contributed by atoms with Gasteiger partial charge in [0.25, 0.3) is 17.4 Å². The number of amides is 1. The average Bonchev–Trinajstić information content (AvgIpc) is 3.24. The minimum absolute atomic E-state index is 0.00129. The van der Waals surface area contributed by atoms with Crippen molar-refractivity contribution in [2.45, 2.75) is 32.2 Å². The highest BCUT2D eigenvalue weighted by Gasteiger charge is 2.39. The molecule has 5 rings (SSSR count). The number of alkyl halides is 2. The van der Waals surface area contributed by atoms with Crippen molar-refractivity contribution in [2.75, 3.05) is 44.2 Å². The molecule has 1 amide bonds. The minimum Gasteiger partial charge on any atom is -0.365 e. The summed E-state index contributed by atoms with van der Waals surface area (Å²) in [6.07, 6.45) is 0.0923. The normalized spacial score (nSPS) is 18.3. The number of aromatic amines is 1. The lowest BCUT2D eigenvalue weighted by molar-refractivity contribution is 0.00697. The summed E-state index contributed by atoms with van der Waals surface area (Å²) in [5, 5.41) is 1.10. The first-order chi connectivity index (χ1) is 18.1. The van der Waals surface area contributed by atoms with Crippen LogP contribution in [0.3, 0.4) is 0 Å². The number of anilines is 1. The summed E-state index contributed by atoms with van der Waals surface area (Å²) in [5.74, 6) is -4.97. The fraction of sp³-hybridized carbons (Fsp3) is 0.440. The number of nitrogens with one attached hydrogen (secondary N) is 2. The van der Waals surface area contributed by atoms with E-state index in [-0.39, 0.29) is 29.9 Å². The van der Waals surface area contributed by atoms with E-state index in [1.807, 2.05) is 11.8 Å². The van der Waals surface area contributed by atoms with Crippen molar-refractivity contribution >= 4 is 22.6 Å². The fourth-order valence-electron chi connectivity index (χ4n) is 4.77. The van der Waals surface area contributed by atoms with Crippen molar-refractivity contribution in [1.29, 1.82) is 0 Å². The zero-order chi connectivity index (χ0) is 27.0. The number of hydrazine groups is 1. The number of hydrogen-bond acceptors (Lipinski definition) is 7. The van der Waals surface area contributed by atoms with Gasteiger partial charge >= 0.3 is 0 Å². The smallest absolute Gasteiger partial charge is 0.284 e. The summed E-state index contributed by atoms with van der Waals surface area (Å²) in [7, 11) is 0. The molecule has 2 aliphatic rings. The number of pyridine rings is 1. The number of rotatable bonds is 6. The molecule has 0 aliphatic carbocycles. The molecule has 0 saturated carbocycles. The van der Waals surface area contributed by atoms with Crippen LogP contribution in [0.2, 0.25) is 0 Å². The monoisotopic (exact) mass is 533 g/mol. The van der Waals surface area contributed by atoms with Crippen LogP contribution in [0.25, 0.3) is 11.0 Å². The van der Waals surface area contributed by atoms with Crippen molar-refractivity contribution in [3.05, 3.63) is 63.3 Å². The lowest BCUT2D eigenvalue weighted by Gasteiger charge is -2.36. The Hall–Kier alpha value is -3.58. The predicted octanol–water partition coefficient (Wildman–Crippen LogP) is 2.47. The summed E-state index contributed by atoms with van der Waals surface area (Å²) in [5.41, 5.74) is 3.21. The number of carbonyl (C=O) groups is 1. The molecule has 4 heterocycles. The molecule has 2 aromatic heterocycles. The third kappa shape index (κ3) is 5.34. The first-order valence-corrected chi connectivity index (χ1v) is 12.4.